The first-order valence-electron chi connectivity index (χ1n) is 43.8. The molecule has 0 radical (unpaired) electrons. The number of aromatic nitrogens is 14. The summed E-state index contributed by atoms with van der Waals surface area (Å²) in [5.74, 6) is 2.76. The molecular weight excluding hydrogens is 1710 g/mol. The van der Waals surface area contributed by atoms with Crippen LogP contribution in [0, 0.1) is 106 Å². The van der Waals surface area contributed by atoms with E-state index in [2.05, 4.69) is 175 Å². The van der Waals surface area contributed by atoms with Gasteiger partial charge >= 0.3 is 0 Å². The Morgan fingerprint density at radius 3 is 0.844 bits per heavy atom. The van der Waals surface area contributed by atoms with E-state index in [0.29, 0.717) is 46.8 Å². The second kappa shape index (κ2) is 41.9. The van der Waals surface area contributed by atoms with Crippen molar-refractivity contribution >= 4 is 124 Å². The molecule has 0 spiro atoms. The zero-order valence-electron chi connectivity index (χ0n) is 77.6. The molecule has 0 aliphatic rings. The Morgan fingerprint density at radius 2 is 0.526 bits per heavy atom. The number of aryl methyl sites for hydroxylation is 12. The van der Waals surface area contributed by atoms with Crippen LogP contribution in [-0.2, 0) is 0 Å². The number of anilines is 8. The van der Waals surface area contributed by atoms with Gasteiger partial charge in [0.2, 0.25) is 35.7 Å². The van der Waals surface area contributed by atoms with Gasteiger partial charge in [-0.25, -0.2) is 77.4 Å². The van der Waals surface area contributed by atoms with Gasteiger partial charge in [0.15, 0.2) is 0 Å². The minimum Gasteiger partial charge on any atom is -0.357 e. The zero-order valence-corrected chi connectivity index (χ0v) is 78.4. The minimum absolute atomic E-state index is 0.183. The molecule has 0 amide bonds. The number of rotatable bonds is 14. The third kappa shape index (κ3) is 22.9. The van der Waals surface area contributed by atoms with Crippen LogP contribution in [-0.4, -0.2) is 98.0 Å². The average Bonchev–Trinajstić information content (AvgIpc) is 0.849. The van der Waals surface area contributed by atoms with E-state index < -0.39 is 0 Å². The molecule has 0 atom stereocenters. The van der Waals surface area contributed by atoms with Crippen molar-refractivity contribution in [3.8, 4) is 66.8 Å². The number of nitrogens with zero attached hydrogens (tertiary/aromatic N) is 14. The Bertz CT molecular complexity index is 7430. The van der Waals surface area contributed by atoms with Crippen molar-refractivity contribution in [3.05, 3.63) is 369 Å². The van der Waals surface area contributed by atoms with Gasteiger partial charge in [0, 0.05) is 77.9 Å². The summed E-state index contributed by atoms with van der Waals surface area (Å²) >= 11 is 6.22. The van der Waals surface area contributed by atoms with E-state index in [0.717, 1.165) is 188 Å². The summed E-state index contributed by atoms with van der Waals surface area (Å²) in [6.07, 6.45) is 6.93. The summed E-state index contributed by atoms with van der Waals surface area (Å²) in [6, 6.07) is 79.0. The van der Waals surface area contributed by atoms with Crippen LogP contribution in [0.3, 0.4) is 0 Å². The molecule has 135 heavy (non-hydrogen) atoms. The predicted molar refractivity (Wildman–Crippen MR) is 545 cm³/mol. The van der Waals surface area contributed by atoms with Crippen LogP contribution in [0.4, 0.5) is 64.6 Å². The number of fused-ring (bicyclic) bond motifs is 6. The number of halogens is 5. The van der Waals surface area contributed by atoms with Gasteiger partial charge < -0.3 is 31.9 Å². The first-order chi connectivity index (χ1) is 65.1. The molecule has 0 saturated carbocycles. The molecule has 674 valence electrons. The number of hydrogen-bond acceptors (Lipinski definition) is 20. The molecule has 20 aromatic rings. The maximum Gasteiger partial charge on any atom is 0.228 e. The van der Waals surface area contributed by atoms with Gasteiger partial charge in [-0.2, -0.15) is 0 Å². The van der Waals surface area contributed by atoms with Crippen molar-refractivity contribution in [3.63, 3.8) is 0 Å². The highest BCUT2D eigenvalue weighted by molar-refractivity contribution is 6.31. The van der Waals surface area contributed by atoms with Gasteiger partial charge in [-0.15, -0.1) is 0 Å². The predicted octanol–water partition coefficient (Wildman–Crippen LogP) is 27.1. The molecule has 0 saturated heterocycles. The summed E-state index contributed by atoms with van der Waals surface area (Å²) in [4.78, 5) is 61.9. The molecule has 0 fully saturated rings. The molecule has 0 unspecified atom stereocenters. The average molecular weight is 1810 g/mol. The third-order valence-corrected chi connectivity index (χ3v) is 23.1. The van der Waals surface area contributed by atoms with Gasteiger partial charge in [-0.05, 0) is 323 Å². The molecule has 8 aromatic heterocycles. The van der Waals surface area contributed by atoms with Crippen molar-refractivity contribution < 1.29 is 17.6 Å². The maximum atomic E-state index is 13.7. The lowest BCUT2D eigenvalue weighted by atomic mass is 10.0. The molecule has 0 bridgehead atoms. The Morgan fingerprint density at radius 1 is 0.230 bits per heavy atom. The summed E-state index contributed by atoms with van der Waals surface area (Å²) < 4.78 is 54.4. The summed E-state index contributed by atoms with van der Waals surface area (Å²) in [5, 5.41) is 25.0. The van der Waals surface area contributed by atoms with E-state index in [9.17, 15) is 17.6 Å². The first kappa shape index (κ1) is 93.5. The summed E-state index contributed by atoms with van der Waals surface area (Å²) in [7, 11) is 7.22. The number of hydrogen-bond donors (Lipinski definition) is 6. The van der Waals surface area contributed by atoms with Gasteiger partial charge in [0.25, 0.3) is 0 Å². The standard InChI is InChI=1S/C21H17FN4.C21H18N4.C17H16ClN3.3C17H16FN3/c1-13-8-16(10-17(22)9-13)15-5-6-20-19(11-15)14(2)24-21(26-20)25-18-4-3-7-23-12-18;1-14-5-3-6-16(11-14)17-8-9-20-19(12-17)15(2)23-21(25-20)24-18-7-4-10-22-13-18;1-10-4-5-13(9-15(10)18)12-6-7-16-14(8-12)11(2)20-17(19-3)21-16;1-10-8-12(4-6-15(10)18)13-5-7-16-14(9-13)11(2)20-17(19-3)21-16;1-10-6-13(8-14(18)7-10)12-4-5-16-15(9-12)11(2)20-17(19-3)21-16;1-10-4-5-13(9-15(10)18)12-6-7-16-14(8-12)11(2)20-17(19-3)21-16/h3-12H,1-2H3,(H,24,25,26);3-13H,1-2H3,(H,23,24,25);4*4-9H,1-3H3,(H,19,20,21). The largest absolute Gasteiger partial charge is 0.357 e. The highest BCUT2D eigenvalue weighted by Crippen LogP contribution is 2.36. The van der Waals surface area contributed by atoms with Crippen LogP contribution in [0.2, 0.25) is 5.02 Å². The Hall–Kier alpha value is -16.2. The summed E-state index contributed by atoms with van der Waals surface area (Å²) in [5.41, 5.74) is 30.1. The van der Waals surface area contributed by atoms with Crippen LogP contribution in [0.15, 0.2) is 274 Å². The Kier molecular flexibility index (Phi) is 29.0. The van der Waals surface area contributed by atoms with E-state index >= 15 is 0 Å². The van der Waals surface area contributed by atoms with Crippen LogP contribution in [0.5, 0.6) is 0 Å². The fourth-order valence-electron chi connectivity index (χ4n) is 15.5. The lowest BCUT2D eigenvalue weighted by molar-refractivity contribution is 0.618. The second-order valence-corrected chi connectivity index (χ2v) is 33.1. The monoisotopic (exact) mass is 1810 g/mol. The number of nitrogens with one attached hydrogen (secondary N) is 6. The number of pyridine rings is 2. The topological polar surface area (TPSA) is 253 Å². The van der Waals surface area contributed by atoms with Crippen molar-refractivity contribution in [1.29, 1.82) is 0 Å². The third-order valence-electron chi connectivity index (χ3n) is 22.7. The van der Waals surface area contributed by atoms with Crippen molar-refractivity contribution in [1.82, 2.24) is 69.8 Å². The van der Waals surface area contributed by atoms with Crippen molar-refractivity contribution in [2.75, 3.05) is 60.1 Å². The van der Waals surface area contributed by atoms with Gasteiger partial charge in [0.05, 0.1) is 91.0 Å². The molecule has 12 aromatic carbocycles. The molecule has 25 heteroatoms. The lowest BCUT2D eigenvalue weighted by Gasteiger charge is -2.10. The lowest BCUT2D eigenvalue weighted by Crippen LogP contribution is -2.00. The van der Waals surface area contributed by atoms with Gasteiger partial charge in [-0.1, -0.05) is 120 Å². The zero-order chi connectivity index (χ0) is 95.3. The maximum absolute atomic E-state index is 13.7. The second-order valence-electron chi connectivity index (χ2n) is 32.7. The van der Waals surface area contributed by atoms with E-state index in [4.69, 9.17) is 11.6 Å². The van der Waals surface area contributed by atoms with Crippen LogP contribution in [0.1, 0.15) is 67.5 Å². The number of benzene rings is 12. The van der Waals surface area contributed by atoms with Gasteiger partial charge in [-0.3, -0.25) is 9.97 Å². The van der Waals surface area contributed by atoms with Crippen LogP contribution >= 0.6 is 11.6 Å². The molecule has 20 rings (SSSR count). The van der Waals surface area contributed by atoms with Crippen molar-refractivity contribution in [2.45, 2.75) is 83.1 Å². The highest BCUT2D eigenvalue weighted by Gasteiger charge is 2.17. The minimum atomic E-state index is -0.232. The van der Waals surface area contributed by atoms with E-state index in [1.807, 2.05) is 203 Å². The Balaban J connectivity index is 0.000000124. The highest BCUT2D eigenvalue weighted by atomic mass is 35.5. The first-order valence-corrected chi connectivity index (χ1v) is 44.1. The van der Waals surface area contributed by atoms with E-state index in [1.165, 1.54) is 34.9 Å². The van der Waals surface area contributed by atoms with Crippen molar-refractivity contribution in [2.24, 2.45) is 0 Å². The molecular formula is C110H99ClF4N20. The molecule has 0 aliphatic carbocycles. The summed E-state index contributed by atoms with van der Waals surface area (Å²) in [6.45, 7) is 23.2. The van der Waals surface area contributed by atoms with E-state index in [-0.39, 0.29) is 23.3 Å². The fourth-order valence-corrected chi connectivity index (χ4v) is 15.6. The van der Waals surface area contributed by atoms with Gasteiger partial charge in [0.1, 0.15) is 23.3 Å². The molecule has 20 nitrogen and oxygen atoms in total. The molecule has 8 heterocycles. The van der Waals surface area contributed by atoms with Crippen LogP contribution < -0.4 is 31.9 Å². The quantitative estimate of drug-likeness (QED) is 0.0553. The fraction of sp³-hybridized carbons (Fsp3) is 0.145. The molecule has 0 aliphatic heterocycles. The normalized spacial score (nSPS) is 10.9. The smallest absolute Gasteiger partial charge is 0.228 e. The van der Waals surface area contributed by atoms with Crippen LogP contribution in [0.25, 0.3) is 132 Å². The SMILES string of the molecule is CNc1nc(C)c2cc(-c3cc(C)cc(F)c3)ccc2n1.CNc1nc(C)c2cc(-c3ccc(C)c(Cl)c3)ccc2n1.CNc1nc(C)c2cc(-c3ccc(C)c(F)c3)ccc2n1.CNc1nc(C)c2cc(-c3ccc(F)c(C)c3)ccc2n1.Cc1cc(F)cc(-c2ccc3nc(Nc4cccnc4)nc(C)c3c2)c1.Cc1cccc(-c2ccc3nc(Nc4cccnc4)nc(C)c3c2)c1. The van der Waals surface area contributed by atoms with E-state index in [1.54, 1.807) is 90.1 Å². The Labute approximate surface area is 785 Å². The molecule has 6 N–H and O–H groups in total.